The topological polar surface area (TPSA) is 141 Å². The standard InChI is InChI=1S/C14H16N4O5/c1-8(2)23-14(22)18-12(15)9-3-5-10(6-4-9)17-13(21)16-7-11(19)20/h3-6H,1,7H2,2H3,(H,19,20)(H2,15,18,22)(H2,16,17,21). The molecule has 0 atom stereocenters. The van der Waals surface area contributed by atoms with Crippen molar-refractivity contribution >= 4 is 29.6 Å². The van der Waals surface area contributed by atoms with Gasteiger partial charge in [-0.15, -0.1) is 0 Å². The van der Waals surface area contributed by atoms with Crippen molar-refractivity contribution in [3.05, 3.63) is 42.2 Å². The van der Waals surface area contributed by atoms with Gasteiger partial charge in [-0.2, -0.15) is 0 Å². The molecular weight excluding hydrogens is 304 g/mol. The van der Waals surface area contributed by atoms with Gasteiger partial charge < -0.3 is 20.5 Å². The molecule has 9 heteroatoms. The maximum atomic E-state index is 11.4. The highest BCUT2D eigenvalue weighted by Gasteiger charge is 2.09. The Hall–Kier alpha value is -3.36. The Morgan fingerprint density at radius 2 is 1.87 bits per heavy atom. The minimum absolute atomic E-state index is 0.182. The second-order valence-electron chi connectivity index (χ2n) is 4.37. The average molecular weight is 320 g/mol. The third kappa shape index (κ3) is 6.76. The average Bonchev–Trinajstić information content (AvgIpc) is 2.44. The van der Waals surface area contributed by atoms with Gasteiger partial charge in [-0.3, -0.25) is 15.5 Å². The number of rotatable bonds is 5. The quantitative estimate of drug-likeness (QED) is 0.317. The van der Waals surface area contributed by atoms with E-state index in [-0.39, 0.29) is 11.6 Å². The summed E-state index contributed by atoms with van der Waals surface area (Å²) in [6.45, 7) is 4.41. The summed E-state index contributed by atoms with van der Waals surface area (Å²) in [6.07, 6.45) is -0.822. The lowest BCUT2D eigenvalue weighted by molar-refractivity contribution is -0.135. The maximum Gasteiger partial charge on any atom is 0.417 e. The van der Waals surface area contributed by atoms with Crippen LogP contribution in [0.1, 0.15) is 12.5 Å². The first kappa shape index (κ1) is 17.7. The number of carbonyl (C=O) groups is 3. The van der Waals surface area contributed by atoms with Crippen molar-refractivity contribution in [2.45, 2.75) is 6.92 Å². The van der Waals surface area contributed by atoms with E-state index >= 15 is 0 Å². The number of carboxylic acids is 1. The van der Waals surface area contributed by atoms with Crippen molar-refractivity contribution in [3.63, 3.8) is 0 Å². The van der Waals surface area contributed by atoms with E-state index in [0.29, 0.717) is 11.3 Å². The Morgan fingerprint density at radius 1 is 1.26 bits per heavy atom. The van der Waals surface area contributed by atoms with Gasteiger partial charge in [0.05, 0.1) is 5.76 Å². The number of allylic oxidation sites excluding steroid dienone is 1. The van der Waals surface area contributed by atoms with E-state index in [9.17, 15) is 14.4 Å². The fraction of sp³-hybridized carbons (Fsp3) is 0.143. The molecule has 122 valence electrons. The third-order valence-electron chi connectivity index (χ3n) is 2.33. The van der Waals surface area contributed by atoms with Gasteiger partial charge in [-0.25, -0.2) is 9.59 Å². The molecule has 0 fully saturated rings. The summed E-state index contributed by atoms with van der Waals surface area (Å²) in [7, 11) is 0. The van der Waals surface area contributed by atoms with Crippen LogP contribution in [-0.2, 0) is 9.53 Å². The number of alkyl carbamates (subject to hydrolysis) is 1. The van der Waals surface area contributed by atoms with Gasteiger partial charge in [-0.1, -0.05) is 6.58 Å². The fourth-order valence-corrected chi connectivity index (χ4v) is 1.41. The highest BCUT2D eigenvalue weighted by atomic mass is 16.6. The molecule has 3 amide bonds. The van der Waals surface area contributed by atoms with E-state index < -0.39 is 24.6 Å². The number of aliphatic carboxylic acids is 1. The van der Waals surface area contributed by atoms with Crippen LogP contribution in [0.2, 0.25) is 0 Å². The first-order chi connectivity index (χ1) is 10.8. The number of amides is 3. The zero-order valence-electron chi connectivity index (χ0n) is 12.3. The second-order valence-corrected chi connectivity index (χ2v) is 4.37. The van der Waals surface area contributed by atoms with Crippen LogP contribution < -0.4 is 16.0 Å². The molecule has 0 saturated heterocycles. The molecule has 0 unspecified atom stereocenters. The highest BCUT2D eigenvalue weighted by molar-refractivity contribution is 6.05. The lowest BCUT2D eigenvalue weighted by Gasteiger charge is -2.09. The number of hydrogen-bond acceptors (Lipinski definition) is 5. The van der Waals surface area contributed by atoms with E-state index in [1.165, 1.54) is 31.2 Å². The molecule has 0 radical (unpaired) electrons. The van der Waals surface area contributed by atoms with Crippen LogP contribution in [0.5, 0.6) is 0 Å². The van der Waals surface area contributed by atoms with Crippen LogP contribution in [0, 0.1) is 5.41 Å². The van der Waals surface area contributed by atoms with Crippen LogP contribution in [0.15, 0.2) is 36.6 Å². The molecule has 1 rings (SSSR count). The Balaban J connectivity index is 2.57. The predicted molar refractivity (Wildman–Crippen MR) is 82.4 cm³/mol. The van der Waals surface area contributed by atoms with Gasteiger partial charge in [0.2, 0.25) is 0 Å². The maximum absolute atomic E-state index is 11.4. The molecule has 0 aromatic heterocycles. The minimum atomic E-state index is -1.16. The molecule has 0 aliphatic rings. The summed E-state index contributed by atoms with van der Waals surface area (Å²) in [5, 5.41) is 22.9. The number of nitrogens with one attached hydrogen (secondary N) is 4. The van der Waals surface area contributed by atoms with Crippen molar-refractivity contribution in [1.82, 2.24) is 10.6 Å². The van der Waals surface area contributed by atoms with Gasteiger partial charge in [0.25, 0.3) is 0 Å². The molecule has 1 aromatic carbocycles. The number of carboxylic acid groups (broad SMARTS) is 1. The predicted octanol–water partition coefficient (Wildman–Crippen LogP) is 1.48. The summed E-state index contributed by atoms with van der Waals surface area (Å²) in [5.74, 6) is -1.14. The van der Waals surface area contributed by atoms with Gasteiger partial charge in [0, 0.05) is 11.3 Å². The van der Waals surface area contributed by atoms with Crippen LogP contribution in [0.25, 0.3) is 0 Å². The van der Waals surface area contributed by atoms with Crippen molar-refractivity contribution in [1.29, 1.82) is 5.41 Å². The molecule has 0 heterocycles. The number of benzene rings is 1. The summed E-state index contributed by atoms with van der Waals surface area (Å²) in [6, 6.07) is 5.32. The molecule has 1 aromatic rings. The number of anilines is 1. The Labute approximate surface area is 131 Å². The third-order valence-corrected chi connectivity index (χ3v) is 2.33. The van der Waals surface area contributed by atoms with E-state index in [0.717, 1.165) is 0 Å². The molecule has 23 heavy (non-hydrogen) atoms. The lowest BCUT2D eigenvalue weighted by Crippen LogP contribution is -2.33. The Bertz CT molecular complexity index is 639. The zero-order valence-corrected chi connectivity index (χ0v) is 12.3. The molecule has 0 saturated carbocycles. The molecule has 0 aliphatic heterocycles. The molecule has 9 nitrogen and oxygen atoms in total. The largest absolute Gasteiger partial charge is 0.480 e. The first-order valence-electron chi connectivity index (χ1n) is 6.38. The van der Waals surface area contributed by atoms with Gasteiger partial charge >= 0.3 is 18.1 Å². The fourth-order valence-electron chi connectivity index (χ4n) is 1.41. The van der Waals surface area contributed by atoms with Gasteiger partial charge in [-0.05, 0) is 31.2 Å². The summed E-state index contributed by atoms with van der Waals surface area (Å²) >= 11 is 0. The molecule has 5 N–H and O–H groups in total. The molecule has 0 spiro atoms. The van der Waals surface area contributed by atoms with Crippen LogP contribution in [-0.4, -0.2) is 35.6 Å². The number of urea groups is 1. The van der Waals surface area contributed by atoms with E-state index in [2.05, 4.69) is 27.3 Å². The number of ether oxygens (including phenoxy) is 1. The number of hydrogen-bond donors (Lipinski definition) is 5. The summed E-state index contributed by atoms with van der Waals surface area (Å²) in [4.78, 5) is 33.0. The lowest BCUT2D eigenvalue weighted by atomic mass is 10.2. The van der Waals surface area contributed by atoms with Crippen molar-refractivity contribution in [2.24, 2.45) is 0 Å². The summed E-state index contributed by atoms with van der Waals surface area (Å²) in [5.41, 5.74) is 0.786. The first-order valence-corrected chi connectivity index (χ1v) is 6.38. The van der Waals surface area contributed by atoms with Crippen LogP contribution >= 0.6 is 0 Å². The van der Waals surface area contributed by atoms with E-state index in [1.807, 2.05) is 0 Å². The normalized spacial score (nSPS) is 9.43. The smallest absolute Gasteiger partial charge is 0.417 e. The molecule has 0 bridgehead atoms. The van der Waals surface area contributed by atoms with Gasteiger partial charge in [0.15, 0.2) is 0 Å². The monoisotopic (exact) mass is 320 g/mol. The SMILES string of the molecule is C=C(C)OC(=O)NC(=N)c1ccc(NC(=O)NCC(=O)O)cc1. The van der Waals surface area contributed by atoms with Crippen molar-refractivity contribution in [2.75, 3.05) is 11.9 Å². The molecular formula is C14H16N4O5. The van der Waals surface area contributed by atoms with Crippen molar-refractivity contribution in [3.8, 4) is 0 Å². The Morgan fingerprint density at radius 3 is 2.39 bits per heavy atom. The van der Waals surface area contributed by atoms with Gasteiger partial charge in [0.1, 0.15) is 12.4 Å². The summed E-state index contributed by atoms with van der Waals surface area (Å²) < 4.78 is 4.67. The van der Waals surface area contributed by atoms with E-state index in [4.69, 9.17) is 10.5 Å². The number of amidine groups is 1. The van der Waals surface area contributed by atoms with Crippen molar-refractivity contribution < 1.29 is 24.2 Å². The molecule has 0 aliphatic carbocycles. The Kier molecular flexibility index (Phi) is 6.29. The zero-order chi connectivity index (χ0) is 17.4. The highest BCUT2D eigenvalue weighted by Crippen LogP contribution is 2.09. The minimum Gasteiger partial charge on any atom is -0.480 e. The number of carbonyl (C=O) groups excluding carboxylic acids is 2. The van der Waals surface area contributed by atoms with Crippen LogP contribution in [0.4, 0.5) is 15.3 Å². The second kappa shape index (κ2) is 8.17. The van der Waals surface area contributed by atoms with E-state index in [1.54, 1.807) is 0 Å². The van der Waals surface area contributed by atoms with Crippen LogP contribution in [0.3, 0.4) is 0 Å².